The fraction of sp³-hybridized carbons (Fsp3) is 0.263. The van der Waals surface area contributed by atoms with E-state index in [2.05, 4.69) is 0 Å². The van der Waals surface area contributed by atoms with Gasteiger partial charge in [0.25, 0.3) is 5.91 Å². The van der Waals surface area contributed by atoms with E-state index in [1.54, 1.807) is 24.3 Å². The second kappa shape index (κ2) is 6.94. The molecule has 0 bridgehead atoms. The van der Waals surface area contributed by atoms with Gasteiger partial charge in [-0.2, -0.15) is 0 Å². The number of hydrogen-bond acceptors (Lipinski definition) is 3. The van der Waals surface area contributed by atoms with E-state index in [1.807, 2.05) is 6.07 Å². The van der Waals surface area contributed by atoms with Crippen molar-refractivity contribution in [1.29, 1.82) is 0 Å². The zero-order chi connectivity index (χ0) is 18.0. The van der Waals surface area contributed by atoms with Crippen LogP contribution in [-0.2, 0) is 16.0 Å². The van der Waals surface area contributed by atoms with Crippen LogP contribution in [0.15, 0.2) is 48.5 Å². The van der Waals surface area contributed by atoms with Crippen molar-refractivity contribution in [2.45, 2.75) is 24.9 Å². The molecule has 1 saturated heterocycles. The Bertz CT molecular complexity index is 812. The van der Waals surface area contributed by atoms with Gasteiger partial charge in [0, 0.05) is 25.1 Å². The van der Waals surface area contributed by atoms with Gasteiger partial charge in [0.1, 0.15) is 5.82 Å². The maximum atomic E-state index is 13.2. The number of para-hydroxylation sites is 1. The first-order chi connectivity index (χ1) is 11.9. The van der Waals surface area contributed by atoms with Crippen molar-refractivity contribution in [3.8, 4) is 0 Å². The van der Waals surface area contributed by atoms with Crippen molar-refractivity contribution in [3.63, 3.8) is 0 Å². The fourth-order valence-electron chi connectivity index (χ4n) is 2.98. The summed E-state index contributed by atoms with van der Waals surface area (Å²) in [5, 5.41) is 10.6. The van der Waals surface area contributed by atoms with Gasteiger partial charge in [-0.3, -0.25) is 9.59 Å². The smallest absolute Gasteiger partial charge is 0.266 e. The van der Waals surface area contributed by atoms with Crippen LogP contribution in [0.5, 0.6) is 0 Å². The van der Waals surface area contributed by atoms with Crippen LogP contribution in [0.4, 0.5) is 10.1 Å². The Morgan fingerprint density at radius 2 is 1.96 bits per heavy atom. The summed E-state index contributed by atoms with van der Waals surface area (Å²) in [7, 11) is 0. The summed E-state index contributed by atoms with van der Waals surface area (Å²) in [6, 6.07) is 13.1. The number of carbonyl (C=O) groups is 2. The van der Waals surface area contributed by atoms with Crippen LogP contribution in [-0.4, -0.2) is 28.9 Å². The Kier molecular flexibility index (Phi) is 4.88. The number of benzene rings is 2. The van der Waals surface area contributed by atoms with Crippen LogP contribution in [0.25, 0.3) is 0 Å². The predicted octanol–water partition coefficient (Wildman–Crippen LogP) is 3.15. The van der Waals surface area contributed by atoms with Gasteiger partial charge in [-0.15, -0.1) is 0 Å². The van der Waals surface area contributed by atoms with Crippen LogP contribution >= 0.6 is 11.6 Å². The SMILES string of the molecule is O=C(CCc1ccc(F)c(Cl)c1)[C@]1(O)CCN(c2ccccc2)C1=O. The average Bonchev–Trinajstić information content (AvgIpc) is 2.93. The summed E-state index contributed by atoms with van der Waals surface area (Å²) in [5.74, 6) is -1.66. The number of nitrogens with zero attached hydrogens (tertiary/aromatic N) is 1. The molecule has 3 rings (SSSR count). The number of anilines is 1. The Balaban J connectivity index is 1.69. The molecule has 1 aliphatic heterocycles. The lowest BCUT2D eigenvalue weighted by molar-refractivity contribution is -0.147. The van der Waals surface area contributed by atoms with Crippen LogP contribution in [0, 0.1) is 5.82 Å². The van der Waals surface area contributed by atoms with Crippen LogP contribution in [0.1, 0.15) is 18.4 Å². The van der Waals surface area contributed by atoms with Crippen LogP contribution in [0.2, 0.25) is 5.02 Å². The number of carbonyl (C=O) groups excluding carboxylic acids is 2. The third-order valence-electron chi connectivity index (χ3n) is 4.45. The Morgan fingerprint density at radius 1 is 1.24 bits per heavy atom. The van der Waals surface area contributed by atoms with Crippen LogP contribution in [0.3, 0.4) is 0 Å². The first-order valence-electron chi connectivity index (χ1n) is 7.98. The number of aliphatic hydroxyl groups is 1. The topological polar surface area (TPSA) is 57.6 Å². The molecule has 25 heavy (non-hydrogen) atoms. The van der Waals surface area contributed by atoms with Crippen molar-refractivity contribution in [3.05, 3.63) is 64.9 Å². The number of halogens is 2. The molecular formula is C19H17ClFNO3. The van der Waals surface area contributed by atoms with E-state index in [4.69, 9.17) is 11.6 Å². The van der Waals surface area contributed by atoms with Gasteiger partial charge in [-0.25, -0.2) is 4.39 Å². The third-order valence-corrected chi connectivity index (χ3v) is 4.74. The molecule has 1 aliphatic rings. The molecule has 2 aromatic rings. The van der Waals surface area contributed by atoms with E-state index < -0.39 is 23.1 Å². The molecule has 1 fully saturated rings. The van der Waals surface area contributed by atoms with Gasteiger partial charge in [0.2, 0.25) is 5.60 Å². The Morgan fingerprint density at radius 3 is 2.64 bits per heavy atom. The third kappa shape index (κ3) is 3.43. The Hall–Kier alpha value is -2.24. The first-order valence-corrected chi connectivity index (χ1v) is 8.36. The van der Waals surface area contributed by atoms with Gasteiger partial charge >= 0.3 is 0 Å². The number of Topliss-reactive ketones (excluding diaryl/α,β-unsaturated/α-hetero) is 1. The lowest BCUT2D eigenvalue weighted by Gasteiger charge is -2.21. The highest BCUT2D eigenvalue weighted by molar-refractivity contribution is 6.30. The van der Waals surface area contributed by atoms with Gasteiger partial charge in [-0.1, -0.05) is 35.9 Å². The summed E-state index contributed by atoms with van der Waals surface area (Å²) >= 11 is 5.72. The highest BCUT2D eigenvalue weighted by Crippen LogP contribution is 2.30. The highest BCUT2D eigenvalue weighted by Gasteiger charge is 2.50. The number of rotatable bonds is 5. The van der Waals surface area contributed by atoms with Crippen molar-refractivity contribution < 1.29 is 19.1 Å². The van der Waals surface area contributed by atoms with E-state index in [1.165, 1.54) is 23.1 Å². The summed E-state index contributed by atoms with van der Waals surface area (Å²) in [4.78, 5) is 26.5. The van der Waals surface area contributed by atoms with E-state index in [9.17, 15) is 19.1 Å². The molecule has 0 saturated carbocycles. The number of aryl methyl sites for hydroxylation is 1. The second-order valence-corrected chi connectivity index (χ2v) is 6.48. The lowest BCUT2D eigenvalue weighted by Crippen LogP contribution is -2.47. The summed E-state index contributed by atoms with van der Waals surface area (Å²) in [6.45, 7) is 0.285. The average molecular weight is 362 g/mol. The van der Waals surface area contributed by atoms with Gasteiger partial charge in [-0.05, 0) is 36.2 Å². The molecule has 0 radical (unpaired) electrons. The van der Waals surface area contributed by atoms with Gasteiger partial charge in [0.15, 0.2) is 5.78 Å². The molecule has 0 aliphatic carbocycles. The van der Waals surface area contributed by atoms with Crippen molar-refractivity contribution in [2.24, 2.45) is 0 Å². The lowest BCUT2D eigenvalue weighted by atomic mass is 9.92. The minimum atomic E-state index is -2.00. The molecule has 1 atom stereocenters. The highest BCUT2D eigenvalue weighted by atomic mass is 35.5. The minimum Gasteiger partial charge on any atom is -0.373 e. The molecule has 4 nitrogen and oxygen atoms in total. The molecule has 0 aromatic heterocycles. The minimum absolute atomic E-state index is 0.0177. The maximum Gasteiger partial charge on any atom is 0.266 e. The molecule has 1 N–H and O–H groups in total. The van der Waals surface area contributed by atoms with E-state index in [0.717, 1.165) is 0 Å². The molecular weight excluding hydrogens is 345 g/mol. The molecule has 2 aromatic carbocycles. The van der Waals surface area contributed by atoms with Crippen molar-refractivity contribution in [2.75, 3.05) is 11.4 Å². The molecule has 6 heteroatoms. The van der Waals surface area contributed by atoms with E-state index >= 15 is 0 Å². The summed E-state index contributed by atoms with van der Waals surface area (Å²) in [5.41, 5.74) is -0.671. The Labute approximate surface area is 149 Å². The summed E-state index contributed by atoms with van der Waals surface area (Å²) < 4.78 is 13.2. The first kappa shape index (κ1) is 17.6. The summed E-state index contributed by atoms with van der Waals surface area (Å²) in [6.07, 6.45) is 0.316. The molecule has 1 heterocycles. The standard InChI is InChI=1S/C19H17ClFNO3/c20-15-12-13(6-8-16(15)21)7-9-17(23)19(25)10-11-22(18(19)24)14-4-2-1-3-5-14/h1-6,8,12,25H,7,9-11H2/t19-/m1/s1. The van der Waals surface area contributed by atoms with E-state index in [-0.39, 0.29) is 30.8 Å². The zero-order valence-electron chi connectivity index (χ0n) is 13.4. The second-order valence-electron chi connectivity index (χ2n) is 6.07. The monoisotopic (exact) mass is 361 g/mol. The predicted molar refractivity (Wildman–Crippen MR) is 93.1 cm³/mol. The van der Waals surface area contributed by atoms with Gasteiger partial charge in [0.05, 0.1) is 5.02 Å². The number of hydrogen-bond donors (Lipinski definition) is 1. The normalized spacial score (nSPS) is 20.1. The number of amides is 1. The van der Waals surface area contributed by atoms with Crippen molar-refractivity contribution >= 4 is 29.0 Å². The molecule has 130 valence electrons. The largest absolute Gasteiger partial charge is 0.373 e. The molecule has 1 amide bonds. The van der Waals surface area contributed by atoms with Gasteiger partial charge < -0.3 is 10.0 Å². The fourth-order valence-corrected chi connectivity index (χ4v) is 3.18. The van der Waals surface area contributed by atoms with E-state index in [0.29, 0.717) is 11.3 Å². The molecule has 0 spiro atoms. The van der Waals surface area contributed by atoms with Crippen molar-refractivity contribution in [1.82, 2.24) is 0 Å². The molecule has 0 unspecified atom stereocenters. The number of ketones is 1. The quantitative estimate of drug-likeness (QED) is 0.832. The maximum absolute atomic E-state index is 13.2. The van der Waals surface area contributed by atoms with Crippen LogP contribution < -0.4 is 4.90 Å². The zero-order valence-corrected chi connectivity index (χ0v) is 14.2.